The van der Waals surface area contributed by atoms with Gasteiger partial charge in [0.2, 0.25) is 0 Å². The van der Waals surface area contributed by atoms with E-state index in [4.69, 9.17) is 11.6 Å². The molecule has 0 radical (unpaired) electrons. The van der Waals surface area contributed by atoms with Crippen molar-refractivity contribution in [3.63, 3.8) is 0 Å². The fourth-order valence-electron chi connectivity index (χ4n) is 3.31. The summed E-state index contributed by atoms with van der Waals surface area (Å²) in [6.07, 6.45) is 1.57. The molecule has 3 aromatic rings. The van der Waals surface area contributed by atoms with Crippen molar-refractivity contribution in [2.24, 2.45) is 0 Å². The molecule has 0 saturated carbocycles. The van der Waals surface area contributed by atoms with E-state index in [0.29, 0.717) is 23.0 Å². The second-order valence-electron chi connectivity index (χ2n) is 6.65. The summed E-state index contributed by atoms with van der Waals surface area (Å²) >= 11 is 6.91. The summed E-state index contributed by atoms with van der Waals surface area (Å²) < 4.78 is 29.2. The van der Waals surface area contributed by atoms with Crippen LogP contribution in [0.5, 0.6) is 0 Å². The van der Waals surface area contributed by atoms with Crippen molar-refractivity contribution in [3.8, 4) is 5.69 Å². The number of amides is 1. The number of para-hydroxylation sites is 1. The third-order valence-electron chi connectivity index (χ3n) is 4.91. The van der Waals surface area contributed by atoms with Gasteiger partial charge in [-0.1, -0.05) is 29.8 Å². The summed E-state index contributed by atoms with van der Waals surface area (Å²) in [6.45, 7) is 3.00. The number of benzene rings is 1. The Morgan fingerprint density at radius 3 is 2.38 bits per heavy atom. The summed E-state index contributed by atoms with van der Waals surface area (Å²) in [5.74, 6) is -0.138. The van der Waals surface area contributed by atoms with Crippen LogP contribution in [-0.4, -0.2) is 59.5 Å². The average molecular weight is 451 g/mol. The summed E-state index contributed by atoms with van der Waals surface area (Å²) in [4.78, 5) is 14.7. The van der Waals surface area contributed by atoms with Gasteiger partial charge in [0.1, 0.15) is 4.21 Å². The number of carbonyl (C=O) groups excluding carboxylic acids is 1. The van der Waals surface area contributed by atoms with E-state index in [-0.39, 0.29) is 23.2 Å². The van der Waals surface area contributed by atoms with E-state index in [0.717, 1.165) is 22.7 Å². The molecule has 1 aliphatic heterocycles. The third-order valence-corrected chi connectivity index (χ3v) is 8.51. The van der Waals surface area contributed by atoms with Gasteiger partial charge in [0.15, 0.2) is 0 Å². The van der Waals surface area contributed by atoms with E-state index in [1.807, 2.05) is 37.3 Å². The molecular formula is C19H19ClN4O3S2. The minimum Gasteiger partial charge on any atom is -0.336 e. The van der Waals surface area contributed by atoms with E-state index in [1.165, 1.54) is 10.4 Å². The average Bonchev–Trinajstić information content (AvgIpc) is 3.34. The number of hydrogen-bond acceptors (Lipinski definition) is 5. The first kappa shape index (κ1) is 20.1. The largest absolute Gasteiger partial charge is 0.336 e. The molecule has 1 saturated heterocycles. The molecule has 4 rings (SSSR count). The van der Waals surface area contributed by atoms with Crippen LogP contribution in [0.1, 0.15) is 16.1 Å². The maximum absolute atomic E-state index is 13.0. The first-order chi connectivity index (χ1) is 13.9. The van der Waals surface area contributed by atoms with E-state index in [1.54, 1.807) is 21.8 Å². The van der Waals surface area contributed by atoms with E-state index >= 15 is 0 Å². The highest BCUT2D eigenvalue weighted by Crippen LogP contribution is 2.28. The molecule has 3 heterocycles. The van der Waals surface area contributed by atoms with Gasteiger partial charge in [-0.2, -0.15) is 9.40 Å². The number of carbonyl (C=O) groups is 1. The molecule has 152 valence electrons. The lowest BCUT2D eigenvalue weighted by Crippen LogP contribution is -2.50. The summed E-state index contributed by atoms with van der Waals surface area (Å²) in [5, 5.41) is 4.35. The zero-order valence-electron chi connectivity index (χ0n) is 15.7. The Bertz CT molecular complexity index is 1130. The molecule has 1 aromatic carbocycles. The maximum atomic E-state index is 13.0. The van der Waals surface area contributed by atoms with Crippen LogP contribution in [0.15, 0.2) is 52.9 Å². The van der Waals surface area contributed by atoms with Crippen molar-refractivity contribution in [2.75, 3.05) is 26.2 Å². The SMILES string of the molecule is Cc1c(C(=O)N2CCN(S(=O)(=O)c3ccc(Cl)s3)CC2)cnn1-c1ccccc1. The van der Waals surface area contributed by atoms with E-state index in [9.17, 15) is 13.2 Å². The lowest BCUT2D eigenvalue weighted by Gasteiger charge is -2.33. The Labute approximate surface area is 178 Å². The standard InChI is InChI=1S/C19H19ClN4O3S2/c1-14-16(13-21-24(14)15-5-3-2-4-6-15)19(25)22-9-11-23(12-10-22)29(26,27)18-8-7-17(20)28-18/h2-8,13H,9-12H2,1H3. The van der Waals surface area contributed by atoms with Crippen molar-refractivity contribution in [1.29, 1.82) is 0 Å². The van der Waals surface area contributed by atoms with Gasteiger partial charge in [0.25, 0.3) is 15.9 Å². The Hall–Kier alpha value is -2.20. The molecule has 0 atom stereocenters. The molecule has 1 amide bonds. The second kappa shape index (κ2) is 7.91. The van der Waals surface area contributed by atoms with Gasteiger partial charge in [-0.3, -0.25) is 4.79 Å². The molecule has 29 heavy (non-hydrogen) atoms. The minimum atomic E-state index is -3.58. The number of rotatable bonds is 4. The van der Waals surface area contributed by atoms with Crippen LogP contribution in [0.2, 0.25) is 4.34 Å². The van der Waals surface area contributed by atoms with Gasteiger partial charge < -0.3 is 4.90 Å². The Morgan fingerprint density at radius 2 is 1.76 bits per heavy atom. The highest BCUT2D eigenvalue weighted by molar-refractivity contribution is 7.91. The van der Waals surface area contributed by atoms with Crippen LogP contribution < -0.4 is 0 Å². The molecule has 1 aliphatic rings. The van der Waals surface area contributed by atoms with Crippen molar-refractivity contribution in [2.45, 2.75) is 11.1 Å². The Kier molecular flexibility index (Phi) is 5.48. The molecule has 7 nitrogen and oxygen atoms in total. The van der Waals surface area contributed by atoms with Crippen LogP contribution in [0.4, 0.5) is 0 Å². The molecule has 2 aromatic heterocycles. The van der Waals surface area contributed by atoms with Gasteiger partial charge in [0.05, 0.1) is 27.5 Å². The van der Waals surface area contributed by atoms with E-state index < -0.39 is 10.0 Å². The first-order valence-electron chi connectivity index (χ1n) is 9.03. The molecule has 10 heteroatoms. The summed E-state index contributed by atoms with van der Waals surface area (Å²) in [6, 6.07) is 12.7. The third kappa shape index (κ3) is 3.83. The lowest BCUT2D eigenvalue weighted by molar-refractivity contribution is 0.0697. The molecule has 0 unspecified atom stereocenters. The first-order valence-corrected chi connectivity index (χ1v) is 11.7. The van der Waals surface area contributed by atoms with Crippen molar-refractivity contribution >= 4 is 38.9 Å². The smallest absolute Gasteiger partial charge is 0.257 e. The van der Waals surface area contributed by atoms with Crippen LogP contribution in [0, 0.1) is 6.92 Å². The zero-order valence-corrected chi connectivity index (χ0v) is 18.0. The number of aromatic nitrogens is 2. The van der Waals surface area contributed by atoms with Gasteiger partial charge in [-0.15, -0.1) is 11.3 Å². The normalized spacial score (nSPS) is 15.6. The fraction of sp³-hybridized carbons (Fsp3) is 0.263. The van der Waals surface area contributed by atoms with Gasteiger partial charge in [-0.05, 0) is 31.2 Å². The maximum Gasteiger partial charge on any atom is 0.257 e. The molecular weight excluding hydrogens is 432 g/mol. The van der Waals surface area contributed by atoms with Crippen molar-refractivity contribution in [1.82, 2.24) is 19.0 Å². The van der Waals surface area contributed by atoms with E-state index in [2.05, 4.69) is 5.10 Å². The Morgan fingerprint density at radius 1 is 1.07 bits per heavy atom. The highest BCUT2D eigenvalue weighted by atomic mass is 35.5. The Balaban J connectivity index is 1.47. The molecule has 0 spiro atoms. The van der Waals surface area contributed by atoms with Gasteiger partial charge in [-0.25, -0.2) is 13.1 Å². The van der Waals surface area contributed by atoms with Crippen molar-refractivity contribution < 1.29 is 13.2 Å². The monoisotopic (exact) mass is 450 g/mol. The zero-order chi connectivity index (χ0) is 20.6. The van der Waals surface area contributed by atoms with Gasteiger partial charge in [0, 0.05) is 26.2 Å². The number of nitrogens with zero attached hydrogens (tertiary/aromatic N) is 4. The van der Waals surface area contributed by atoms with Crippen LogP contribution in [0.25, 0.3) is 5.69 Å². The van der Waals surface area contributed by atoms with Crippen LogP contribution in [-0.2, 0) is 10.0 Å². The minimum absolute atomic E-state index is 0.138. The summed E-state index contributed by atoms with van der Waals surface area (Å²) in [5.41, 5.74) is 2.16. The second-order valence-corrected chi connectivity index (χ2v) is 10.5. The summed E-state index contributed by atoms with van der Waals surface area (Å²) in [7, 11) is -3.58. The number of thiophene rings is 1. The number of sulfonamides is 1. The predicted molar refractivity (Wildman–Crippen MR) is 112 cm³/mol. The van der Waals surface area contributed by atoms with Crippen molar-refractivity contribution in [3.05, 3.63) is 64.3 Å². The highest BCUT2D eigenvalue weighted by Gasteiger charge is 2.32. The molecule has 1 fully saturated rings. The van der Waals surface area contributed by atoms with Gasteiger partial charge >= 0.3 is 0 Å². The fourth-order valence-corrected chi connectivity index (χ4v) is 6.37. The van der Waals surface area contributed by atoms with Crippen LogP contribution in [0.3, 0.4) is 0 Å². The molecule has 0 N–H and O–H groups in total. The topological polar surface area (TPSA) is 75.5 Å². The number of hydrogen-bond donors (Lipinski definition) is 0. The number of halogens is 1. The molecule has 0 bridgehead atoms. The molecule has 0 aliphatic carbocycles. The van der Waals surface area contributed by atoms with Crippen LogP contribution >= 0.6 is 22.9 Å². The number of piperazine rings is 1. The predicted octanol–water partition coefficient (Wildman–Crippen LogP) is 3.04. The quantitative estimate of drug-likeness (QED) is 0.612. The lowest BCUT2D eigenvalue weighted by atomic mass is 10.2.